The monoisotopic (exact) mass is 438 g/mol. The van der Waals surface area contributed by atoms with Gasteiger partial charge in [0.1, 0.15) is 15.2 Å². The van der Waals surface area contributed by atoms with Crippen molar-refractivity contribution in [2.45, 2.75) is 14.4 Å². The number of hydrogen-bond acceptors (Lipinski definition) is 7. The molecule has 1 atom stereocenters. The molecule has 0 spiro atoms. The molecule has 2 heterocycles. The lowest BCUT2D eigenvalue weighted by Crippen LogP contribution is -2.31. The molecule has 0 unspecified atom stereocenters. The van der Waals surface area contributed by atoms with Crippen molar-refractivity contribution >= 4 is 31.2 Å². The van der Waals surface area contributed by atoms with Crippen molar-refractivity contribution in [1.82, 2.24) is 9.71 Å². The largest absolute Gasteiger partial charge is 0.497 e. The molecule has 0 aliphatic heterocycles. The van der Waals surface area contributed by atoms with Crippen LogP contribution < -0.4 is 9.46 Å². The molecular weight excluding hydrogens is 420 g/mol. The van der Waals surface area contributed by atoms with Crippen LogP contribution in [0.2, 0.25) is 0 Å². The van der Waals surface area contributed by atoms with E-state index in [-0.39, 0.29) is 15.6 Å². The van der Waals surface area contributed by atoms with Gasteiger partial charge in [-0.2, -0.15) is 0 Å². The maximum atomic E-state index is 13.1. The molecule has 0 fully saturated rings. The van der Waals surface area contributed by atoms with Gasteiger partial charge in [0.15, 0.2) is 9.84 Å². The number of ether oxygens (including phenoxy) is 1. The number of sulfonamides is 1. The summed E-state index contributed by atoms with van der Waals surface area (Å²) in [5.74, 6) is 0.521. The number of pyridine rings is 1. The third-order valence-corrected chi connectivity index (χ3v) is 9.01. The van der Waals surface area contributed by atoms with Crippen LogP contribution in [0.1, 0.15) is 10.8 Å². The molecule has 2 aromatic heterocycles. The molecule has 0 aliphatic rings. The van der Waals surface area contributed by atoms with Gasteiger partial charge in [0.05, 0.1) is 12.0 Å². The van der Waals surface area contributed by atoms with Crippen LogP contribution in [-0.4, -0.2) is 35.5 Å². The second-order valence-electron chi connectivity index (χ2n) is 5.78. The summed E-state index contributed by atoms with van der Waals surface area (Å²) >= 11 is 1.09. The zero-order valence-corrected chi connectivity index (χ0v) is 17.3. The van der Waals surface area contributed by atoms with Crippen LogP contribution in [0.5, 0.6) is 5.75 Å². The lowest BCUT2D eigenvalue weighted by Gasteiger charge is -2.18. The molecule has 1 aromatic carbocycles. The lowest BCUT2D eigenvalue weighted by molar-refractivity contribution is 0.414. The van der Waals surface area contributed by atoms with Gasteiger partial charge in [-0.05, 0) is 47.3 Å². The van der Waals surface area contributed by atoms with Gasteiger partial charge >= 0.3 is 0 Å². The van der Waals surface area contributed by atoms with Crippen LogP contribution in [0, 0.1) is 0 Å². The molecule has 0 radical (unpaired) electrons. The predicted octanol–water partition coefficient (Wildman–Crippen LogP) is 2.65. The Morgan fingerprint density at radius 1 is 1.07 bits per heavy atom. The van der Waals surface area contributed by atoms with Gasteiger partial charge in [0, 0.05) is 18.9 Å². The molecule has 7 nitrogen and oxygen atoms in total. The van der Waals surface area contributed by atoms with E-state index in [4.69, 9.17) is 4.74 Å². The van der Waals surface area contributed by atoms with E-state index in [1.165, 1.54) is 49.8 Å². The standard InChI is InChI=1S/C18H18N2O5S3/c1-25-15-6-8-16(9-7-15)28(23,24)20-13-17(14-4-2-10-19-12-14)27(21,22)18-5-3-11-26-18/h2-12,17,20H,13H2,1H3/t17-/m1/s1. The fraction of sp³-hybridized carbons (Fsp3) is 0.167. The summed E-state index contributed by atoms with van der Waals surface area (Å²) in [5.41, 5.74) is 0.410. The average Bonchev–Trinajstić information content (AvgIpc) is 3.24. The van der Waals surface area contributed by atoms with Crippen molar-refractivity contribution in [2.24, 2.45) is 0 Å². The van der Waals surface area contributed by atoms with Gasteiger partial charge in [0.2, 0.25) is 10.0 Å². The lowest BCUT2D eigenvalue weighted by atomic mass is 10.2. The fourth-order valence-corrected chi connectivity index (χ4v) is 6.56. The van der Waals surface area contributed by atoms with E-state index in [1.54, 1.807) is 23.6 Å². The highest BCUT2D eigenvalue weighted by Crippen LogP contribution is 2.31. The normalized spacial score (nSPS) is 13.2. The predicted molar refractivity (Wildman–Crippen MR) is 107 cm³/mol. The van der Waals surface area contributed by atoms with E-state index < -0.39 is 25.1 Å². The van der Waals surface area contributed by atoms with Crippen molar-refractivity contribution in [3.05, 3.63) is 71.9 Å². The maximum Gasteiger partial charge on any atom is 0.240 e. The van der Waals surface area contributed by atoms with Crippen molar-refractivity contribution in [2.75, 3.05) is 13.7 Å². The van der Waals surface area contributed by atoms with Gasteiger partial charge in [-0.3, -0.25) is 4.98 Å². The first kappa shape index (κ1) is 20.5. The number of nitrogens with one attached hydrogen (secondary N) is 1. The molecule has 1 N–H and O–H groups in total. The molecule has 0 bridgehead atoms. The minimum atomic E-state index is -3.90. The smallest absolute Gasteiger partial charge is 0.240 e. The first-order valence-electron chi connectivity index (χ1n) is 8.15. The number of thiophene rings is 1. The van der Waals surface area contributed by atoms with Crippen molar-refractivity contribution in [3.8, 4) is 5.75 Å². The molecule has 10 heteroatoms. The number of sulfone groups is 1. The summed E-state index contributed by atoms with van der Waals surface area (Å²) in [6.45, 7) is -0.319. The van der Waals surface area contributed by atoms with Crippen LogP contribution in [-0.2, 0) is 19.9 Å². The number of benzene rings is 1. The Kier molecular flexibility index (Phi) is 6.14. The summed E-state index contributed by atoms with van der Waals surface area (Å²) in [5, 5.41) is 0.558. The molecule has 28 heavy (non-hydrogen) atoms. The SMILES string of the molecule is COc1ccc(S(=O)(=O)NC[C@H](c2cccnc2)S(=O)(=O)c2cccs2)cc1. The van der Waals surface area contributed by atoms with Crippen molar-refractivity contribution in [3.63, 3.8) is 0 Å². The minimum Gasteiger partial charge on any atom is -0.497 e. The van der Waals surface area contributed by atoms with Crippen LogP contribution in [0.4, 0.5) is 0 Å². The van der Waals surface area contributed by atoms with Crippen LogP contribution in [0.3, 0.4) is 0 Å². The molecule has 0 amide bonds. The number of hydrogen-bond donors (Lipinski definition) is 1. The van der Waals surface area contributed by atoms with Gasteiger partial charge in [-0.25, -0.2) is 21.6 Å². The number of methoxy groups -OCH3 is 1. The summed E-state index contributed by atoms with van der Waals surface area (Å²) in [4.78, 5) is 3.99. The molecule has 148 valence electrons. The van der Waals surface area contributed by atoms with Crippen LogP contribution in [0.15, 0.2) is 75.4 Å². The van der Waals surface area contributed by atoms with Crippen LogP contribution in [0.25, 0.3) is 0 Å². The first-order chi connectivity index (χ1) is 13.3. The Morgan fingerprint density at radius 2 is 1.82 bits per heavy atom. The van der Waals surface area contributed by atoms with Crippen LogP contribution >= 0.6 is 11.3 Å². The maximum absolute atomic E-state index is 13.1. The topological polar surface area (TPSA) is 102 Å². The zero-order chi connectivity index (χ0) is 20.2. The highest BCUT2D eigenvalue weighted by atomic mass is 32.2. The molecule has 0 saturated carbocycles. The van der Waals surface area contributed by atoms with Gasteiger partial charge in [-0.15, -0.1) is 11.3 Å². The van der Waals surface area contributed by atoms with E-state index in [0.717, 1.165) is 11.3 Å². The van der Waals surface area contributed by atoms with Gasteiger partial charge < -0.3 is 4.74 Å². The summed E-state index contributed by atoms with van der Waals surface area (Å²) in [6, 6.07) is 12.2. The summed E-state index contributed by atoms with van der Waals surface area (Å²) in [6.07, 6.45) is 2.96. The summed E-state index contributed by atoms with van der Waals surface area (Å²) < 4.78 is 59.0. The third-order valence-electron chi connectivity index (χ3n) is 4.03. The Hall–Kier alpha value is -2.27. The summed E-state index contributed by atoms with van der Waals surface area (Å²) in [7, 11) is -6.22. The van der Waals surface area contributed by atoms with E-state index in [2.05, 4.69) is 9.71 Å². The zero-order valence-electron chi connectivity index (χ0n) is 14.8. The number of rotatable bonds is 8. The Bertz CT molecular complexity index is 1110. The highest BCUT2D eigenvalue weighted by molar-refractivity contribution is 7.93. The van der Waals surface area contributed by atoms with Crippen molar-refractivity contribution < 1.29 is 21.6 Å². The van der Waals surface area contributed by atoms with E-state index in [9.17, 15) is 16.8 Å². The van der Waals surface area contributed by atoms with Gasteiger partial charge in [-0.1, -0.05) is 12.1 Å². The molecule has 0 aliphatic carbocycles. The highest BCUT2D eigenvalue weighted by Gasteiger charge is 2.31. The molecule has 3 rings (SSSR count). The average molecular weight is 439 g/mol. The van der Waals surface area contributed by atoms with Crippen molar-refractivity contribution in [1.29, 1.82) is 0 Å². The number of nitrogens with zero attached hydrogens (tertiary/aromatic N) is 1. The second kappa shape index (κ2) is 8.39. The Morgan fingerprint density at radius 3 is 2.39 bits per heavy atom. The fourth-order valence-electron chi connectivity index (χ4n) is 2.56. The Labute approximate surface area is 168 Å². The third kappa shape index (κ3) is 4.41. The Balaban J connectivity index is 1.90. The van der Waals surface area contributed by atoms with E-state index in [0.29, 0.717) is 11.3 Å². The molecular formula is C18H18N2O5S3. The van der Waals surface area contributed by atoms with Gasteiger partial charge in [0.25, 0.3) is 0 Å². The molecule has 3 aromatic rings. The number of aromatic nitrogens is 1. The second-order valence-corrected chi connectivity index (χ2v) is 10.9. The van der Waals surface area contributed by atoms with E-state index in [1.807, 2.05) is 0 Å². The van der Waals surface area contributed by atoms with E-state index >= 15 is 0 Å². The minimum absolute atomic E-state index is 0.0201. The quantitative estimate of drug-likeness (QED) is 0.580. The first-order valence-corrected chi connectivity index (χ1v) is 12.1. The molecule has 0 saturated heterocycles.